The van der Waals surface area contributed by atoms with Gasteiger partial charge in [0.25, 0.3) is 0 Å². The summed E-state index contributed by atoms with van der Waals surface area (Å²) in [5.74, 6) is -3.17. The van der Waals surface area contributed by atoms with Crippen molar-refractivity contribution in [2.24, 2.45) is 0 Å². The maximum atomic E-state index is 13.7. The van der Waals surface area contributed by atoms with Gasteiger partial charge in [-0.25, -0.2) is 13.6 Å². The molecule has 0 aliphatic heterocycles. The van der Waals surface area contributed by atoms with Gasteiger partial charge in [-0.05, 0) is 22.9 Å². The summed E-state index contributed by atoms with van der Waals surface area (Å²) in [4.78, 5) is 10.8. The second-order valence-corrected chi connectivity index (χ2v) is 3.85. The highest BCUT2D eigenvalue weighted by atomic mass is 19.1. The van der Waals surface area contributed by atoms with E-state index in [2.05, 4.69) is 15.5 Å². The third kappa shape index (κ3) is 2.42. The Kier molecular flexibility index (Phi) is 3.50. The van der Waals surface area contributed by atoms with Crippen molar-refractivity contribution in [3.05, 3.63) is 35.2 Å². The maximum Gasteiger partial charge on any atom is 0.338 e. The van der Waals surface area contributed by atoms with Crippen LogP contribution in [0.25, 0.3) is 5.69 Å². The molecule has 0 atom stereocenters. The molecule has 0 aliphatic carbocycles. The number of halogens is 2. The summed E-state index contributed by atoms with van der Waals surface area (Å²) in [5.41, 5.74) is -0.818. The van der Waals surface area contributed by atoms with Crippen LogP contribution in [0.3, 0.4) is 0 Å². The number of nitrogens with zero attached hydrogens (tertiary/aromatic N) is 4. The van der Waals surface area contributed by atoms with Crippen LogP contribution in [-0.4, -0.2) is 31.3 Å². The van der Waals surface area contributed by atoms with Crippen molar-refractivity contribution in [1.29, 1.82) is 0 Å². The molecular weight excluding hydrogens is 258 g/mol. The third-order valence-electron chi connectivity index (χ3n) is 2.50. The summed E-state index contributed by atoms with van der Waals surface area (Å²) in [6.07, 6.45) is 1.22. The van der Waals surface area contributed by atoms with Crippen LogP contribution in [0, 0.1) is 11.6 Å². The van der Waals surface area contributed by atoms with Gasteiger partial charge in [-0.2, -0.15) is 4.68 Å². The predicted octanol–water partition coefficient (Wildman–Crippen LogP) is 1.59. The molecule has 1 N–H and O–H groups in total. The quantitative estimate of drug-likeness (QED) is 0.910. The Morgan fingerprint density at radius 1 is 1.37 bits per heavy atom. The molecule has 0 saturated heterocycles. The van der Waals surface area contributed by atoms with Gasteiger partial charge in [-0.15, -0.1) is 5.10 Å². The van der Waals surface area contributed by atoms with Gasteiger partial charge >= 0.3 is 5.97 Å². The molecule has 2 aromatic rings. The van der Waals surface area contributed by atoms with Crippen molar-refractivity contribution in [1.82, 2.24) is 20.2 Å². The monoisotopic (exact) mass is 268 g/mol. The van der Waals surface area contributed by atoms with Crippen molar-refractivity contribution in [3.63, 3.8) is 0 Å². The summed E-state index contributed by atoms with van der Waals surface area (Å²) in [6, 6.07) is 1.39. The summed E-state index contributed by atoms with van der Waals surface area (Å²) >= 11 is 0. The average Bonchev–Trinajstić information content (AvgIpc) is 2.77. The number of aromatic carboxylic acids is 1. The van der Waals surface area contributed by atoms with E-state index in [4.69, 9.17) is 5.11 Å². The van der Waals surface area contributed by atoms with E-state index in [1.165, 1.54) is 0 Å². The Morgan fingerprint density at radius 3 is 2.74 bits per heavy atom. The molecule has 19 heavy (non-hydrogen) atoms. The molecule has 0 spiro atoms. The Labute approximate surface area is 106 Å². The highest BCUT2D eigenvalue weighted by molar-refractivity contribution is 5.88. The largest absolute Gasteiger partial charge is 0.478 e. The lowest BCUT2D eigenvalue weighted by Crippen LogP contribution is -2.09. The lowest BCUT2D eigenvalue weighted by molar-refractivity contribution is 0.0691. The Hall–Kier alpha value is -2.38. The van der Waals surface area contributed by atoms with E-state index in [-0.39, 0.29) is 5.69 Å². The van der Waals surface area contributed by atoms with Crippen LogP contribution in [0.4, 0.5) is 8.78 Å². The average molecular weight is 268 g/mol. The topological polar surface area (TPSA) is 80.9 Å². The van der Waals surface area contributed by atoms with Gasteiger partial charge in [0.1, 0.15) is 11.5 Å². The van der Waals surface area contributed by atoms with Gasteiger partial charge in [0, 0.05) is 12.5 Å². The first-order valence-corrected chi connectivity index (χ1v) is 5.54. The highest BCUT2D eigenvalue weighted by Gasteiger charge is 2.18. The van der Waals surface area contributed by atoms with Crippen LogP contribution in [0.1, 0.15) is 29.5 Å². The van der Waals surface area contributed by atoms with Crippen molar-refractivity contribution in [2.75, 3.05) is 0 Å². The maximum absolute atomic E-state index is 13.7. The number of rotatable bonds is 4. The molecule has 0 aliphatic rings. The summed E-state index contributed by atoms with van der Waals surface area (Å²) in [7, 11) is 0. The van der Waals surface area contributed by atoms with Crippen LogP contribution >= 0.6 is 0 Å². The van der Waals surface area contributed by atoms with E-state index >= 15 is 0 Å². The molecule has 1 aromatic heterocycles. The fourth-order valence-corrected chi connectivity index (χ4v) is 1.64. The van der Waals surface area contributed by atoms with E-state index in [0.29, 0.717) is 18.3 Å². The van der Waals surface area contributed by atoms with Crippen LogP contribution < -0.4 is 0 Å². The number of hydrogen-bond acceptors (Lipinski definition) is 4. The number of benzene rings is 1. The van der Waals surface area contributed by atoms with Gasteiger partial charge in [0.15, 0.2) is 11.6 Å². The minimum Gasteiger partial charge on any atom is -0.478 e. The van der Waals surface area contributed by atoms with Crippen molar-refractivity contribution in [2.45, 2.75) is 19.8 Å². The van der Waals surface area contributed by atoms with Crippen LogP contribution in [-0.2, 0) is 6.42 Å². The van der Waals surface area contributed by atoms with E-state index in [9.17, 15) is 13.6 Å². The predicted molar refractivity (Wildman–Crippen MR) is 60.0 cm³/mol. The van der Waals surface area contributed by atoms with Crippen LogP contribution in [0.15, 0.2) is 12.1 Å². The zero-order valence-electron chi connectivity index (χ0n) is 9.97. The number of carbonyl (C=O) groups is 1. The number of aromatic nitrogens is 4. The minimum atomic E-state index is -1.48. The Balaban J connectivity index is 2.58. The second-order valence-electron chi connectivity index (χ2n) is 3.85. The van der Waals surface area contributed by atoms with E-state index in [1.807, 2.05) is 6.92 Å². The number of aryl methyl sites for hydroxylation is 1. The minimum absolute atomic E-state index is 0.188. The zero-order chi connectivity index (χ0) is 14.0. The van der Waals surface area contributed by atoms with Crippen LogP contribution in [0.2, 0.25) is 0 Å². The zero-order valence-corrected chi connectivity index (χ0v) is 9.97. The van der Waals surface area contributed by atoms with Gasteiger partial charge in [-0.3, -0.25) is 0 Å². The second kappa shape index (κ2) is 5.09. The first kappa shape index (κ1) is 13.1. The van der Waals surface area contributed by atoms with E-state index in [1.54, 1.807) is 0 Å². The van der Waals surface area contributed by atoms with Crippen molar-refractivity contribution >= 4 is 5.97 Å². The molecule has 0 amide bonds. The van der Waals surface area contributed by atoms with Crippen LogP contribution in [0.5, 0.6) is 0 Å². The van der Waals surface area contributed by atoms with Gasteiger partial charge < -0.3 is 5.11 Å². The SMILES string of the molecule is CCCc1nnnn1-c1cc(C(=O)O)c(F)cc1F. The van der Waals surface area contributed by atoms with Gasteiger partial charge in [0.2, 0.25) is 0 Å². The van der Waals surface area contributed by atoms with Crippen molar-refractivity contribution in [3.8, 4) is 5.69 Å². The molecule has 0 radical (unpaired) electrons. The highest BCUT2D eigenvalue weighted by Crippen LogP contribution is 2.19. The first-order valence-electron chi connectivity index (χ1n) is 5.54. The summed E-state index contributed by atoms with van der Waals surface area (Å²) in [6.45, 7) is 1.89. The number of carboxylic acids is 1. The molecule has 100 valence electrons. The summed E-state index contributed by atoms with van der Waals surface area (Å²) in [5, 5.41) is 19.5. The molecule has 2 rings (SSSR count). The van der Waals surface area contributed by atoms with Crippen molar-refractivity contribution < 1.29 is 18.7 Å². The van der Waals surface area contributed by atoms with E-state index in [0.717, 1.165) is 17.2 Å². The number of tetrazole rings is 1. The Bertz CT molecular complexity index is 627. The molecule has 6 nitrogen and oxygen atoms in total. The fraction of sp³-hybridized carbons (Fsp3) is 0.273. The lowest BCUT2D eigenvalue weighted by Gasteiger charge is -2.07. The first-order chi connectivity index (χ1) is 9.04. The molecule has 8 heteroatoms. The molecule has 1 heterocycles. The molecule has 0 fully saturated rings. The molecular formula is C11H10F2N4O2. The van der Waals surface area contributed by atoms with Gasteiger partial charge in [-0.1, -0.05) is 6.92 Å². The molecule has 0 bridgehead atoms. The number of hydrogen-bond donors (Lipinski definition) is 1. The number of carboxylic acid groups (broad SMARTS) is 1. The molecule has 0 saturated carbocycles. The smallest absolute Gasteiger partial charge is 0.338 e. The molecule has 0 unspecified atom stereocenters. The Morgan fingerprint density at radius 2 is 2.11 bits per heavy atom. The van der Waals surface area contributed by atoms with Gasteiger partial charge in [0.05, 0.1) is 5.56 Å². The third-order valence-corrected chi connectivity index (χ3v) is 2.50. The lowest BCUT2D eigenvalue weighted by atomic mass is 10.1. The standard InChI is InChI=1S/C11H10F2N4O2/c1-2-3-10-14-15-16-17(10)9-4-6(11(18)19)7(12)5-8(9)13/h4-5H,2-3H2,1H3,(H,18,19). The van der Waals surface area contributed by atoms with E-state index < -0.39 is 23.2 Å². The normalized spacial score (nSPS) is 10.7. The molecule has 1 aromatic carbocycles. The summed E-state index contributed by atoms with van der Waals surface area (Å²) < 4.78 is 28.1. The fourth-order valence-electron chi connectivity index (χ4n) is 1.64.